The first-order valence-corrected chi connectivity index (χ1v) is 8.67. The number of amides is 1. The molecule has 0 radical (unpaired) electrons. The Balaban J connectivity index is 1.47. The maximum absolute atomic E-state index is 12.2. The lowest BCUT2D eigenvalue weighted by atomic mass is 10.2. The van der Waals surface area contributed by atoms with Crippen molar-refractivity contribution < 1.29 is 14.3 Å². The van der Waals surface area contributed by atoms with Crippen molar-refractivity contribution in [2.45, 2.75) is 31.9 Å². The van der Waals surface area contributed by atoms with Crippen molar-refractivity contribution >= 4 is 17.3 Å². The number of para-hydroxylation sites is 1. The van der Waals surface area contributed by atoms with E-state index < -0.39 is 0 Å². The third kappa shape index (κ3) is 5.22. The summed E-state index contributed by atoms with van der Waals surface area (Å²) in [6.45, 7) is 3.25. The van der Waals surface area contributed by atoms with Crippen molar-refractivity contribution in [1.82, 2.24) is 0 Å². The fraction of sp³-hybridized carbons (Fsp3) is 0.350. The lowest BCUT2D eigenvalue weighted by Crippen LogP contribution is -2.31. The van der Waals surface area contributed by atoms with Gasteiger partial charge < -0.3 is 20.1 Å². The van der Waals surface area contributed by atoms with Gasteiger partial charge in [0.2, 0.25) is 5.91 Å². The number of nitrogens with one attached hydrogen (secondary N) is 2. The summed E-state index contributed by atoms with van der Waals surface area (Å²) in [7, 11) is 0. The molecule has 2 aromatic rings. The highest BCUT2D eigenvalue weighted by molar-refractivity contribution is 5.96. The van der Waals surface area contributed by atoms with Gasteiger partial charge in [0.15, 0.2) is 0 Å². The minimum atomic E-state index is -0.348. The van der Waals surface area contributed by atoms with Crippen molar-refractivity contribution in [3.63, 3.8) is 0 Å². The van der Waals surface area contributed by atoms with Crippen molar-refractivity contribution in [3.8, 4) is 5.75 Å². The predicted molar refractivity (Wildman–Crippen MR) is 99.1 cm³/mol. The zero-order valence-corrected chi connectivity index (χ0v) is 14.4. The molecule has 5 heteroatoms. The lowest BCUT2D eigenvalue weighted by molar-refractivity contribution is -0.116. The van der Waals surface area contributed by atoms with Crippen molar-refractivity contribution in [2.24, 2.45) is 0 Å². The molecule has 1 heterocycles. The standard InChI is InChI=1S/C20H24N2O3/c1-15(20(23)22-16-6-3-2-4-7-16)21-17-9-11-18(12-10-17)25-14-19-8-5-13-24-19/h2-4,6-7,9-12,15,19,21H,5,8,13-14H2,1H3,(H,22,23)/t15-,19+/m0/s1. The Morgan fingerprint density at radius 1 is 1.16 bits per heavy atom. The van der Waals surface area contributed by atoms with Crippen LogP contribution in [0.2, 0.25) is 0 Å². The first-order valence-electron chi connectivity index (χ1n) is 8.67. The summed E-state index contributed by atoms with van der Waals surface area (Å²) in [5.74, 6) is 0.729. The summed E-state index contributed by atoms with van der Waals surface area (Å²) in [6.07, 6.45) is 2.38. The Bertz CT molecular complexity index is 667. The first-order chi connectivity index (χ1) is 12.2. The van der Waals surface area contributed by atoms with Crippen molar-refractivity contribution in [3.05, 3.63) is 54.6 Å². The quantitative estimate of drug-likeness (QED) is 0.807. The molecule has 2 atom stereocenters. The van der Waals surface area contributed by atoms with Crippen LogP contribution in [-0.4, -0.2) is 31.3 Å². The Morgan fingerprint density at radius 2 is 1.92 bits per heavy atom. The van der Waals surface area contributed by atoms with E-state index in [-0.39, 0.29) is 18.1 Å². The van der Waals surface area contributed by atoms with Gasteiger partial charge in [-0.25, -0.2) is 0 Å². The zero-order valence-electron chi connectivity index (χ0n) is 14.4. The molecule has 132 valence electrons. The number of rotatable bonds is 7. The van der Waals surface area contributed by atoms with Gasteiger partial charge in [0, 0.05) is 18.0 Å². The summed E-state index contributed by atoms with van der Waals surface area (Å²) in [4.78, 5) is 12.2. The molecular weight excluding hydrogens is 316 g/mol. The predicted octanol–water partition coefficient (Wildman–Crippen LogP) is 3.68. The highest BCUT2D eigenvalue weighted by Gasteiger charge is 2.16. The monoisotopic (exact) mass is 340 g/mol. The van der Waals surface area contributed by atoms with E-state index in [1.54, 1.807) is 0 Å². The third-order valence-corrected chi connectivity index (χ3v) is 4.13. The molecule has 1 amide bonds. The van der Waals surface area contributed by atoms with E-state index >= 15 is 0 Å². The molecule has 0 bridgehead atoms. The van der Waals surface area contributed by atoms with Crippen LogP contribution < -0.4 is 15.4 Å². The minimum Gasteiger partial charge on any atom is -0.491 e. The molecule has 1 aliphatic rings. The van der Waals surface area contributed by atoms with Gasteiger partial charge in [-0.05, 0) is 56.2 Å². The van der Waals surface area contributed by atoms with Gasteiger partial charge in [-0.15, -0.1) is 0 Å². The van der Waals surface area contributed by atoms with E-state index in [9.17, 15) is 4.79 Å². The Morgan fingerprint density at radius 3 is 2.60 bits per heavy atom. The summed E-state index contributed by atoms with van der Waals surface area (Å²) in [6, 6.07) is 16.7. The smallest absolute Gasteiger partial charge is 0.246 e. The van der Waals surface area contributed by atoms with Gasteiger partial charge in [-0.1, -0.05) is 18.2 Å². The fourth-order valence-electron chi connectivity index (χ4n) is 2.70. The van der Waals surface area contributed by atoms with E-state index in [2.05, 4.69) is 10.6 Å². The fourth-order valence-corrected chi connectivity index (χ4v) is 2.70. The van der Waals surface area contributed by atoms with Gasteiger partial charge >= 0.3 is 0 Å². The third-order valence-electron chi connectivity index (χ3n) is 4.13. The molecule has 1 aliphatic heterocycles. The van der Waals surface area contributed by atoms with E-state index in [0.717, 1.165) is 36.6 Å². The van der Waals surface area contributed by atoms with Crippen LogP contribution in [0.3, 0.4) is 0 Å². The molecule has 2 aromatic carbocycles. The van der Waals surface area contributed by atoms with E-state index in [1.807, 2.05) is 61.5 Å². The molecule has 5 nitrogen and oxygen atoms in total. The van der Waals surface area contributed by atoms with Crippen LogP contribution in [-0.2, 0) is 9.53 Å². The van der Waals surface area contributed by atoms with E-state index in [4.69, 9.17) is 9.47 Å². The second-order valence-corrected chi connectivity index (χ2v) is 6.19. The highest BCUT2D eigenvalue weighted by Crippen LogP contribution is 2.19. The molecule has 0 aromatic heterocycles. The Labute approximate surface area is 148 Å². The number of hydrogen-bond donors (Lipinski definition) is 2. The Hall–Kier alpha value is -2.53. The number of benzene rings is 2. The zero-order chi connectivity index (χ0) is 17.5. The average molecular weight is 340 g/mol. The summed E-state index contributed by atoms with van der Waals surface area (Å²) < 4.78 is 11.3. The highest BCUT2D eigenvalue weighted by atomic mass is 16.5. The number of hydrogen-bond acceptors (Lipinski definition) is 4. The molecule has 2 N–H and O–H groups in total. The Kier molecular flexibility index (Phi) is 5.90. The molecule has 3 rings (SSSR count). The lowest BCUT2D eigenvalue weighted by Gasteiger charge is -2.16. The van der Waals surface area contributed by atoms with Crippen molar-refractivity contribution in [2.75, 3.05) is 23.8 Å². The summed E-state index contributed by atoms with van der Waals surface area (Å²) in [5, 5.41) is 6.08. The minimum absolute atomic E-state index is 0.0788. The van der Waals surface area contributed by atoms with Gasteiger partial charge in [0.05, 0.1) is 6.10 Å². The van der Waals surface area contributed by atoms with Crippen LogP contribution in [0, 0.1) is 0 Å². The maximum atomic E-state index is 12.2. The molecule has 0 unspecified atom stereocenters. The summed E-state index contributed by atoms with van der Waals surface area (Å²) >= 11 is 0. The van der Waals surface area contributed by atoms with Crippen molar-refractivity contribution in [1.29, 1.82) is 0 Å². The molecule has 0 aliphatic carbocycles. The molecule has 0 spiro atoms. The summed E-state index contributed by atoms with van der Waals surface area (Å²) in [5.41, 5.74) is 1.67. The second-order valence-electron chi connectivity index (χ2n) is 6.19. The normalized spacial score (nSPS) is 17.7. The number of ether oxygens (including phenoxy) is 2. The van der Waals surface area contributed by atoms with Gasteiger partial charge in [0.25, 0.3) is 0 Å². The number of carbonyl (C=O) groups is 1. The van der Waals surface area contributed by atoms with Crippen LogP contribution in [0.25, 0.3) is 0 Å². The van der Waals surface area contributed by atoms with Crippen LogP contribution in [0.15, 0.2) is 54.6 Å². The number of carbonyl (C=O) groups excluding carboxylic acids is 1. The first kappa shape index (κ1) is 17.3. The SMILES string of the molecule is C[C@H](Nc1ccc(OC[C@H]2CCCO2)cc1)C(=O)Nc1ccccc1. The van der Waals surface area contributed by atoms with Gasteiger partial charge in [-0.3, -0.25) is 4.79 Å². The molecule has 25 heavy (non-hydrogen) atoms. The molecule has 0 saturated carbocycles. The largest absolute Gasteiger partial charge is 0.491 e. The second kappa shape index (κ2) is 8.53. The van der Waals surface area contributed by atoms with Gasteiger partial charge in [0.1, 0.15) is 18.4 Å². The topological polar surface area (TPSA) is 59.6 Å². The van der Waals surface area contributed by atoms with E-state index in [1.165, 1.54) is 0 Å². The average Bonchev–Trinajstić information content (AvgIpc) is 3.15. The molecule has 1 saturated heterocycles. The van der Waals surface area contributed by atoms with Gasteiger partial charge in [-0.2, -0.15) is 0 Å². The molecule has 1 fully saturated rings. The van der Waals surface area contributed by atoms with Crippen LogP contribution in [0.1, 0.15) is 19.8 Å². The maximum Gasteiger partial charge on any atom is 0.246 e. The van der Waals surface area contributed by atoms with Crippen LogP contribution >= 0.6 is 0 Å². The number of anilines is 2. The van der Waals surface area contributed by atoms with Crippen LogP contribution in [0.4, 0.5) is 11.4 Å². The van der Waals surface area contributed by atoms with E-state index in [0.29, 0.717) is 6.61 Å². The van der Waals surface area contributed by atoms with Crippen LogP contribution in [0.5, 0.6) is 5.75 Å². The molecular formula is C20H24N2O3.